The standard InChI is InChI=1S/C3H4IN3/c5-3-4-1-6-2-7-3/h1-2H,(H2,5,6,7). The van der Waals surface area contributed by atoms with Crippen LogP contribution in [0.25, 0.3) is 0 Å². The molecule has 2 N–H and O–H groups in total. The second-order valence-electron chi connectivity index (χ2n) is 0.923. The first-order valence-electron chi connectivity index (χ1n) is 1.69. The van der Waals surface area contributed by atoms with Crippen LogP contribution in [0.5, 0.6) is 0 Å². The zero-order chi connectivity index (χ0) is 5.11. The Bertz CT molecular complexity index is 146. The van der Waals surface area contributed by atoms with E-state index in [0.717, 1.165) is 3.84 Å². The van der Waals surface area contributed by atoms with Crippen molar-refractivity contribution in [3.8, 4) is 0 Å². The average molecular weight is 209 g/mol. The Morgan fingerprint density at radius 3 is 2.86 bits per heavy atom. The fourth-order valence-electron chi connectivity index (χ4n) is 0.220. The van der Waals surface area contributed by atoms with Gasteiger partial charge in [-0.15, -0.1) is 0 Å². The third kappa shape index (κ3) is 1.34. The Kier molecular flexibility index (Phi) is 1.50. The van der Waals surface area contributed by atoms with E-state index in [9.17, 15) is 0 Å². The third-order valence-electron chi connectivity index (χ3n) is 0.465. The monoisotopic (exact) mass is 209 g/mol. The Morgan fingerprint density at radius 2 is 2.57 bits per heavy atom. The molecule has 0 radical (unpaired) electrons. The predicted molar refractivity (Wildman–Crippen MR) is 40.2 cm³/mol. The summed E-state index contributed by atoms with van der Waals surface area (Å²) in [6.07, 6.45) is 1.47. The van der Waals surface area contributed by atoms with Gasteiger partial charge < -0.3 is 5.73 Å². The fourth-order valence-corrected chi connectivity index (χ4v) is 1.10. The lowest BCUT2D eigenvalue weighted by Crippen LogP contribution is -2.03. The van der Waals surface area contributed by atoms with Crippen LogP contribution in [0.3, 0.4) is 0 Å². The second kappa shape index (κ2) is 2.15. The predicted octanol–water partition coefficient (Wildman–Crippen LogP) is 0.0734. The number of hydrogen-bond donors (Lipinski definition) is 1. The maximum atomic E-state index is 5.31. The smallest absolute Gasteiger partial charge is 0.159 e. The molecular weight excluding hydrogens is 205 g/mol. The molecule has 1 rings (SSSR count). The van der Waals surface area contributed by atoms with E-state index >= 15 is 0 Å². The van der Waals surface area contributed by atoms with Crippen LogP contribution in [0, 0.1) is 0 Å². The molecule has 1 aliphatic heterocycles. The van der Waals surface area contributed by atoms with E-state index in [0.29, 0.717) is 0 Å². The van der Waals surface area contributed by atoms with E-state index in [-0.39, 0.29) is 20.7 Å². The maximum Gasteiger partial charge on any atom is 0.159 e. The number of halogens is 1. The molecule has 0 atom stereocenters. The second-order valence-corrected chi connectivity index (χ2v) is 3.21. The van der Waals surface area contributed by atoms with Crippen molar-refractivity contribution in [2.45, 2.75) is 0 Å². The van der Waals surface area contributed by atoms with Crippen molar-refractivity contribution in [1.29, 1.82) is 0 Å². The molecule has 0 spiro atoms. The van der Waals surface area contributed by atoms with Crippen LogP contribution < -0.4 is 5.73 Å². The summed E-state index contributed by atoms with van der Waals surface area (Å²) < 4.78 is 2.58. The highest BCUT2D eigenvalue weighted by molar-refractivity contribution is 14.2. The van der Waals surface area contributed by atoms with Gasteiger partial charge >= 0.3 is 0 Å². The van der Waals surface area contributed by atoms with Gasteiger partial charge in [0.05, 0.1) is 4.14 Å². The van der Waals surface area contributed by atoms with Gasteiger partial charge in [0, 0.05) is 0 Å². The van der Waals surface area contributed by atoms with Crippen LogP contribution >= 0.6 is 20.7 Å². The lowest BCUT2D eigenvalue weighted by atomic mass is 11.2. The molecule has 0 saturated heterocycles. The Labute approximate surface area is 51.1 Å². The molecule has 0 fully saturated rings. The Hall–Kier alpha value is -0.260. The molecule has 7 heavy (non-hydrogen) atoms. The van der Waals surface area contributed by atoms with Crippen molar-refractivity contribution >= 4 is 35.0 Å². The molecule has 0 aliphatic carbocycles. The first-order chi connectivity index (χ1) is 3.39. The molecule has 1 heterocycles. The van der Waals surface area contributed by atoms with Crippen LogP contribution in [-0.4, -0.2) is 14.3 Å². The number of hydrogen-bond acceptors (Lipinski definition) is 3. The molecule has 0 aromatic rings. The summed E-state index contributed by atoms with van der Waals surface area (Å²) in [5, 5.41) is 0. The molecule has 0 unspecified atom stereocenters. The van der Waals surface area contributed by atoms with E-state index in [4.69, 9.17) is 5.73 Å². The third-order valence-corrected chi connectivity index (χ3v) is 1.98. The largest absolute Gasteiger partial charge is 0.379 e. The van der Waals surface area contributed by atoms with Crippen LogP contribution in [0.1, 0.15) is 0 Å². The van der Waals surface area contributed by atoms with E-state index < -0.39 is 0 Å². The van der Waals surface area contributed by atoms with Gasteiger partial charge in [-0.3, -0.25) is 0 Å². The highest BCUT2D eigenvalue weighted by Crippen LogP contribution is 1.96. The van der Waals surface area contributed by atoms with Crippen molar-refractivity contribution in [1.82, 2.24) is 0 Å². The van der Waals surface area contributed by atoms with Crippen LogP contribution in [0.2, 0.25) is 0 Å². The van der Waals surface area contributed by atoms with Crippen molar-refractivity contribution < 1.29 is 0 Å². The first kappa shape index (κ1) is 4.89. The van der Waals surface area contributed by atoms with Gasteiger partial charge in [-0.2, -0.15) is 0 Å². The van der Waals surface area contributed by atoms with Gasteiger partial charge in [0.1, 0.15) is 6.34 Å². The summed E-state index contributed by atoms with van der Waals surface area (Å²) in [6.45, 7) is 0. The molecule has 0 bridgehead atoms. The summed E-state index contributed by atoms with van der Waals surface area (Å²) in [4.78, 5) is 7.51. The Balaban J connectivity index is 2.82. The summed E-state index contributed by atoms with van der Waals surface area (Å²) in [7, 11) is 0. The van der Waals surface area contributed by atoms with Crippen LogP contribution in [-0.2, 0) is 0 Å². The van der Waals surface area contributed by atoms with Crippen molar-refractivity contribution in [2.75, 3.05) is 0 Å². The molecular formula is C3H4IN3. The van der Waals surface area contributed by atoms with Gasteiger partial charge in [0.2, 0.25) is 0 Å². The highest BCUT2D eigenvalue weighted by atomic mass is 127. The maximum absolute atomic E-state index is 5.31. The zero-order valence-corrected chi connectivity index (χ0v) is 5.66. The molecule has 0 amide bonds. The molecule has 4 heteroatoms. The van der Waals surface area contributed by atoms with E-state index in [1.54, 1.807) is 0 Å². The number of amidine groups is 1. The number of nitrogens with zero attached hydrogens (tertiary/aromatic N) is 2. The minimum absolute atomic E-state index is 0.143. The van der Waals surface area contributed by atoms with Gasteiger partial charge in [-0.25, -0.2) is 9.98 Å². The van der Waals surface area contributed by atoms with Crippen LogP contribution in [0.15, 0.2) is 9.98 Å². The number of aliphatic imine (C=N–C) groups is 2. The summed E-state index contributed by atoms with van der Waals surface area (Å²) >= 11 is -0.143. The van der Waals surface area contributed by atoms with Gasteiger partial charge in [0.15, 0.2) is 3.84 Å². The van der Waals surface area contributed by atoms with Crippen molar-refractivity contribution in [2.24, 2.45) is 15.7 Å². The molecule has 38 valence electrons. The first-order valence-corrected chi connectivity index (χ1v) is 4.02. The summed E-state index contributed by atoms with van der Waals surface area (Å²) in [5.41, 5.74) is 5.31. The normalized spacial score (nSPS) is 18.0. The number of rotatable bonds is 0. The minimum atomic E-state index is -0.143. The minimum Gasteiger partial charge on any atom is -0.379 e. The van der Waals surface area contributed by atoms with Crippen LogP contribution in [0.4, 0.5) is 0 Å². The zero-order valence-electron chi connectivity index (χ0n) is 3.50. The molecule has 1 aliphatic rings. The fraction of sp³-hybridized carbons (Fsp3) is 0. The lowest BCUT2D eigenvalue weighted by molar-refractivity contribution is 1.66. The SMILES string of the molecule is NC1=NC=NC=I1. The highest BCUT2D eigenvalue weighted by Gasteiger charge is 1.82. The summed E-state index contributed by atoms with van der Waals surface area (Å²) in [6, 6.07) is 0. The van der Waals surface area contributed by atoms with Gasteiger partial charge in [-0.1, -0.05) is 0 Å². The van der Waals surface area contributed by atoms with Crippen molar-refractivity contribution in [3.63, 3.8) is 0 Å². The van der Waals surface area contributed by atoms with E-state index in [1.807, 2.05) is 4.14 Å². The quantitative estimate of drug-likeness (QED) is 0.445. The Morgan fingerprint density at radius 1 is 1.71 bits per heavy atom. The molecule has 0 aromatic carbocycles. The topological polar surface area (TPSA) is 50.7 Å². The lowest BCUT2D eigenvalue weighted by Gasteiger charge is -1.87. The summed E-state index contributed by atoms with van der Waals surface area (Å²) in [5.74, 6) is 0. The average Bonchev–Trinajstić information content (AvgIpc) is 1.69. The van der Waals surface area contributed by atoms with E-state index in [1.165, 1.54) is 6.34 Å². The number of nitrogens with two attached hydrogens (primary N) is 1. The molecule has 3 nitrogen and oxygen atoms in total. The molecule has 0 aromatic heterocycles. The van der Waals surface area contributed by atoms with Gasteiger partial charge in [-0.05, 0) is 20.7 Å². The van der Waals surface area contributed by atoms with E-state index in [2.05, 4.69) is 9.98 Å². The molecule has 0 saturated carbocycles. The van der Waals surface area contributed by atoms with Crippen molar-refractivity contribution in [3.05, 3.63) is 0 Å². The van der Waals surface area contributed by atoms with Gasteiger partial charge in [0.25, 0.3) is 0 Å².